The van der Waals surface area contributed by atoms with Crippen LogP contribution >= 0.6 is 15.9 Å². The summed E-state index contributed by atoms with van der Waals surface area (Å²) in [6.45, 7) is 4.17. The van der Waals surface area contributed by atoms with E-state index in [2.05, 4.69) is 30.6 Å². The average Bonchev–Trinajstić information content (AvgIpc) is 2.53. The Morgan fingerprint density at radius 3 is 1.96 bits per heavy atom. The van der Waals surface area contributed by atoms with E-state index in [9.17, 15) is 4.79 Å². The molecule has 0 unspecified atom stereocenters. The van der Waals surface area contributed by atoms with Crippen LogP contribution in [-0.2, 0) is 4.79 Å². The van der Waals surface area contributed by atoms with Crippen molar-refractivity contribution >= 4 is 22.4 Å². The molecular weight excluding hydrogens is 364 g/mol. The summed E-state index contributed by atoms with van der Waals surface area (Å²) in [6, 6.07) is 3.57. The zero-order chi connectivity index (χ0) is 16.5. The summed E-state index contributed by atoms with van der Waals surface area (Å²) in [5.74, 6) is 1.61. The van der Waals surface area contributed by atoms with Gasteiger partial charge in [-0.2, -0.15) is 0 Å². The maximum Gasteiger partial charge on any atom is 0.298 e. The molecule has 6 nitrogen and oxygen atoms in total. The minimum atomic E-state index is 0. The monoisotopic (exact) mass is 384 g/mol. The molecule has 23 heavy (non-hydrogen) atoms. The van der Waals surface area contributed by atoms with Gasteiger partial charge in [0.25, 0.3) is 6.47 Å². The number of nitrogens with zero attached hydrogens (tertiary/aromatic N) is 2. The predicted octanol–water partition coefficient (Wildman–Crippen LogP) is 3.73. The van der Waals surface area contributed by atoms with Gasteiger partial charge in [0, 0.05) is 22.8 Å². The summed E-state index contributed by atoms with van der Waals surface area (Å²) in [7, 11) is 3.14. The van der Waals surface area contributed by atoms with Crippen molar-refractivity contribution in [3.05, 3.63) is 40.1 Å². The van der Waals surface area contributed by atoms with Crippen molar-refractivity contribution < 1.29 is 19.0 Å². The third-order valence-electron chi connectivity index (χ3n) is 2.65. The van der Waals surface area contributed by atoms with Gasteiger partial charge in [-0.1, -0.05) is 7.43 Å². The van der Waals surface area contributed by atoms with Crippen molar-refractivity contribution in [1.29, 1.82) is 0 Å². The summed E-state index contributed by atoms with van der Waals surface area (Å²) in [5.41, 5.74) is 1.95. The van der Waals surface area contributed by atoms with E-state index in [1.165, 1.54) is 13.3 Å². The first-order valence-electron chi connectivity index (χ1n) is 6.28. The smallest absolute Gasteiger partial charge is 0.298 e. The van der Waals surface area contributed by atoms with E-state index < -0.39 is 0 Å². The second-order valence-corrected chi connectivity index (χ2v) is 5.04. The maximum atomic E-state index is 10.00. The third-order valence-corrected chi connectivity index (χ3v) is 3.48. The highest BCUT2D eigenvalue weighted by Crippen LogP contribution is 2.19. The number of carbonyl (C=O) groups excluding carboxylic acids is 1. The van der Waals surface area contributed by atoms with Gasteiger partial charge in [0.15, 0.2) is 5.75 Å². The molecule has 0 bridgehead atoms. The van der Waals surface area contributed by atoms with Gasteiger partial charge < -0.3 is 14.2 Å². The molecule has 126 valence electrons. The van der Waals surface area contributed by atoms with Crippen LogP contribution in [0.15, 0.2) is 29.0 Å². The van der Waals surface area contributed by atoms with Crippen molar-refractivity contribution in [2.45, 2.75) is 21.3 Å². The standard InChI is InChI=1S/C8H9NO3.C7H8BrNO.CH4/c1-6-3-8(11-2)9-4-7(6)12-5-10;1-5-3-7(10-2)9-4-6(5)8;/h3-5H,1-2H3;3-4H,1-2H3;1H4. The van der Waals surface area contributed by atoms with E-state index in [1.54, 1.807) is 19.4 Å². The number of hydrogen-bond donors (Lipinski definition) is 0. The molecule has 2 rings (SSSR count). The molecule has 2 aromatic heterocycles. The number of hydrogen-bond acceptors (Lipinski definition) is 6. The fraction of sp³-hybridized carbons (Fsp3) is 0.312. The second kappa shape index (κ2) is 10.6. The van der Waals surface area contributed by atoms with E-state index in [0.717, 1.165) is 15.6 Å². The molecule has 2 aromatic rings. The zero-order valence-electron chi connectivity index (χ0n) is 12.8. The largest absolute Gasteiger partial charge is 0.481 e. The van der Waals surface area contributed by atoms with Crippen LogP contribution in [0.25, 0.3) is 0 Å². The number of carbonyl (C=O) groups is 1. The Morgan fingerprint density at radius 1 is 1.00 bits per heavy atom. The molecule has 0 fully saturated rings. The van der Waals surface area contributed by atoms with Gasteiger partial charge in [-0.3, -0.25) is 4.79 Å². The first-order chi connectivity index (χ1) is 10.5. The molecule has 0 atom stereocenters. The van der Waals surface area contributed by atoms with Crippen molar-refractivity contribution in [2.75, 3.05) is 14.2 Å². The Bertz CT molecular complexity index is 635. The second-order valence-electron chi connectivity index (χ2n) is 4.18. The highest BCUT2D eigenvalue weighted by molar-refractivity contribution is 9.10. The van der Waals surface area contributed by atoms with Gasteiger partial charge in [-0.15, -0.1) is 0 Å². The van der Waals surface area contributed by atoms with Crippen molar-refractivity contribution in [2.24, 2.45) is 0 Å². The lowest BCUT2D eigenvalue weighted by atomic mass is 10.3. The quantitative estimate of drug-likeness (QED) is 0.747. The van der Waals surface area contributed by atoms with Crippen LogP contribution in [-0.4, -0.2) is 30.7 Å². The SMILES string of the molecule is C.COc1cc(C)c(Br)cn1.COc1cc(C)c(OC=O)cn1. The molecule has 0 saturated heterocycles. The van der Waals surface area contributed by atoms with Gasteiger partial charge in [0.05, 0.1) is 20.4 Å². The summed E-state index contributed by atoms with van der Waals surface area (Å²) in [5, 5.41) is 0. The fourth-order valence-electron chi connectivity index (χ4n) is 1.43. The number of methoxy groups -OCH3 is 2. The molecule has 0 N–H and O–H groups in total. The third kappa shape index (κ3) is 6.65. The van der Waals surface area contributed by atoms with Crippen LogP contribution < -0.4 is 14.2 Å². The lowest BCUT2D eigenvalue weighted by molar-refractivity contribution is -0.120. The lowest BCUT2D eigenvalue weighted by Crippen LogP contribution is -1.94. The van der Waals surface area contributed by atoms with E-state index in [0.29, 0.717) is 24.0 Å². The summed E-state index contributed by atoms with van der Waals surface area (Å²) in [4.78, 5) is 17.9. The van der Waals surface area contributed by atoms with Gasteiger partial charge in [-0.05, 0) is 40.9 Å². The molecular formula is C16H21BrN2O4. The van der Waals surface area contributed by atoms with E-state index >= 15 is 0 Å². The molecule has 0 amide bonds. The molecule has 0 aliphatic carbocycles. The lowest BCUT2D eigenvalue weighted by Gasteiger charge is -2.03. The van der Waals surface area contributed by atoms with Crippen LogP contribution in [0.3, 0.4) is 0 Å². The maximum absolute atomic E-state index is 10.00. The minimum Gasteiger partial charge on any atom is -0.481 e. The zero-order valence-corrected chi connectivity index (χ0v) is 14.4. The molecule has 0 aliphatic heterocycles. The Balaban J connectivity index is 0.000000409. The number of ether oxygens (including phenoxy) is 3. The predicted molar refractivity (Wildman–Crippen MR) is 92.2 cm³/mol. The normalized spacial score (nSPS) is 8.91. The number of aromatic nitrogens is 2. The summed E-state index contributed by atoms with van der Waals surface area (Å²) >= 11 is 3.34. The highest BCUT2D eigenvalue weighted by atomic mass is 79.9. The van der Waals surface area contributed by atoms with Crippen LogP contribution in [0, 0.1) is 13.8 Å². The molecule has 0 saturated carbocycles. The molecule has 0 aliphatic rings. The van der Waals surface area contributed by atoms with Gasteiger partial charge in [-0.25, -0.2) is 9.97 Å². The topological polar surface area (TPSA) is 70.5 Å². The number of halogens is 1. The van der Waals surface area contributed by atoms with Crippen molar-refractivity contribution in [3.8, 4) is 17.5 Å². The summed E-state index contributed by atoms with van der Waals surface area (Å²) < 4.78 is 15.4. The molecule has 0 aromatic carbocycles. The Labute approximate surface area is 144 Å². The van der Waals surface area contributed by atoms with E-state index in [4.69, 9.17) is 9.47 Å². The molecule has 7 heteroatoms. The Hall–Kier alpha value is -2.15. The van der Waals surface area contributed by atoms with E-state index in [-0.39, 0.29) is 7.43 Å². The molecule has 2 heterocycles. The average molecular weight is 385 g/mol. The molecule has 0 radical (unpaired) electrons. The molecule has 0 spiro atoms. The summed E-state index contributed by atoms with van der Waals surface area (Å²) in [6.07, 6.45) is 3.18. The number of aryl methyl sites for hydroxylation is 2. The van der Waals surface area contributed by atoms with Crippen molar-refractivity contribution in [1.82, 2.24) is 9.97 Å². The highest BCUT2D eigenvalue weighted by Gasteiger charge is 2.01. The van der Waals surface area contributed by atoms with Gasteiger partial charge in [0.2, 0.25) is 11.8 Å². The van der Waals surface area contributed by atoms with E-state index in [1.807, 2.05) is 19.9 Å². The number of rotatable bonds is 4. The van der Waals surface area contributed by atoms with Crippen LogP contribution in [0.4, 0.5) is 0 Å². The first-order valence-corrected chi connectivity index (χ1v) is 7.08. The number of pyridine rings is 2. The Kier molecular flexibility index (Phi) is 9.57. The van der Waals surface area contributed by atoms with Gasteiger partial charge in [0.1, 0.15) is 0 Å². The van der Waals surface area contributed by atoms with Crippen molar-refractivity contribution in [3.63, 3.8) is 0 Å². The minimum absolute atomic E-state index is 0. The van der Waals surface area contributed by atoms with Crippen LogP contribution in [0.1, 0.15) is 18.6 Å². The fourth-order valence-corrected chi connectivity index (χ4v) is 1.65. The van der Waals surface area contributed by atoms with Crippen LogP contribution in [0.5, 0.6) is 17.5 Å². The Morgan fingerprint density at radius 2 is 1.52 bits per heavy atom. The first kappa shape index (κ1) is 20.9. The van der Waals surface area contributed by atoms with Gasteiger partial charge >= 0.3 is 0 Å². The van der Waals surface area contributed by atoms with Crippen LogP contribution in [0.2, 0.25) is 0 Å².